The van der Waals surface area contributed by atoms with Gasteiger partial charge in [0.05, 0.1) is 5.41 Å². The van der Waals surface area contributed by atoms with E-state index < -0.39 is 5.41 Å². The number of anilines is 1. The molecule has 0 radical (unpaired) electrons. The molecule has 1 aliphatic rings. The van der Waals surface area contributed by atoms with Gasteiger partial charge in [-0.05, 0) is 41.7 Å². The van der Waals surface area contributed by atoms with Gasteiger partial charge < -0.3 is 4.90 Å². The number of carbonyl (C=O) groups excluding carboxylic acids is 1. The molecule has 3 aromatic rings. The number of amides is 1. The van der Waals surface area contributed by atoms with E-state index in [4.69, 9.17) is 0 Å². The minimum absolute atomic E-state index is 0.163. The third-order valence-corrected chi connectivity index (χ3v) is 5.24. The number of likely N-dealkylation sites (N-methyl/N-ethyl adjacent to an activating group) is 1. The summed E-state index contributed by atoms with van der Waals surface area (Å²) >= 11 is 0. The Morgan fingerprint density at radius 1 is 0.840 bits per heavy atom. The largest absolute Gasteiger partial charge is 0.314 e. The van der Waals surface area contributed by atoms with E-state index in [1.165, 1.54) is 11.1 Å². The number of benzene rings is 3. The summed E-state index contributed by atoms with van der Waals surface area (Å²) in [5.41, 5.74) is 5.12. The van der Waals surface area contributed by atoms with E-state index in [1.54, 1.807) is 0 Å². The Hall–Kier alpha value is -2.87. The van der Waals surface area contributed by atoms with Crippen molar-refractivity contribution >= 4 is 11.6 Å². The molecular weight excluding hydrogens is 306 g/mol. The summed E-state index contributed by atoms with van der Waals surface area (Å²) in [4.78, 5) is 14.9. The number of nitrogens with zero attached hydrogens (tertiary/aromatic N) is 1. The number of fused-ring (bicyclic) bond motifs is 1. The first-order valence-electron chi connectivity index (χ1n) is 8.62. The van der Waals surface area contributed by atoms with Crippen LogP contribution in [0, 0.1) is 0 Å². The van der Waals surface area contributed by atoms with Gasteiger partial charge in [-0.1, -0.05) is 72.8 Å². The monoisotopic (exact) mass is 327 g/mol. The van der Waals surface area contributed by atoms with Crippen LogP contribution in [0.15, 0.2) is 78.9 Å². The van der Waals surface area contributed by atoms with E-state index in [0.29, 0.717) is 6.42 Å². The molecule has 0 saturated carbocycles. The summed E-state index contributed by atoms with van der Waals surface area (Å²) in [7, 11) is 1.88. The summed E-state index contributed by atoms with van der Waals surface area (Å²) < 4.78 is 0. The van der Waals surface area contributed by atoms with Gasteiger partial charge in [-0.25, -0.2) is 0 Å². The van der Waals surface area contributed by atoms with Gasteiger partial charge in [0.15, 0.2) is 0 Å². The third-order valence-electron chi connectivity index (χ3n) is 5.24. The van der Waals surface area contributed by atoms with Crippen LogP contribution in [-0.4, -0.2) is 13.0 Å². The highest BCUT2D eigenvalue weighted by atomic mass is 16.2. The third kappa shape index (κ3) is 2.54. The summed E-state index contributed by atoms with van der Waals surface area (Å²) in [6.07, 6.45) is 0.717. The Bertz CT molecular complexity index is 917. The molecule has 2 heteroatoms. The molecule has 1 heterocycles. The van der Waals surface area contributed by atoms with Crippen molar-refractivity contribution in [3.8, 4) is 11.1 Å². The first-order valence-corrected chi connectivity index (χ1v) is 8.62. The predicted molar refractivity (Wildman–Crippen MR) is 103 cm³/mol. The van der Waals surface area contributed by atoms with Gasteiger partial charge in [-0.3, -0.25) is 4.79 Å². The predicted octanol–water partition coefficient (Wildman–Crippen LogP) is 4.83. The van der Waals surface area contributed by atoms with E-state index in [1.807, 2.05) is 48.3 Å². The van der Waals surface area contributed by atoms with Gasteiger partial charge in [0.1, 0.15) is 0 Å². The highest BCUT2D eigenvalue weighted by molar-refractivity contribution is 6.08. The molecule has 0 aliphatic carbocycles. The molecule has 124 valence electrons. The molecule has 2 nitrogen and oxygen atoms in total. The SMILES string of the molecule is CN1C(=O)C(C)(Cc2ccccc2)c2ccc(-c3ccccc3)cc21. The molecular formula is C23H21NO. The fourth-order valence-corrected chi connectivity index (χ4v) is 3.86. The topological polar surface area (TPSA) is 20.3 Å². The molecule has 0 bridgehead atoms. The molecule has 25 heavy (non-hydrogen) atoms. The highest BCUT2D eigenvalue weighted by Crippen LogP contribution is 2.44. The van der Waals surface area contributed by atoms with Crippen molar-refractivity contribution < 1.29 is 4.79 Å². The lowest BCUT2D eigenvalue weighted by atomic mass is 9.78. The van der Waals surface area contributed by atoms with Crippen molar-refractivity contribution in [1.82, 2.24) is 0 Å². The van der Waals surface area contributed by atoms with Crippen molar-refractivity contribution in [2.75, 3.05) is 11.9 Å². The number of carbonyl (C=O) groups is 1. The highest BCUT2D eigenvalue weighted by Gasteiger charge is 2.45. The van der Waals surface area contributed by atoms with Crippen molar-refractivity contribution in [3.05, 3.63) is 90.0 Å². The van der Waals surface area contributed by atoms with Crippen LogP contribution in [0.2, 0.25) is 0 Å². The maximum absolute atomic E-state index is 13.1. The van der Waals surface area contributed by atoms with E-state index in [0.717, 1.165) is 16.8 Å². The van der Waals surface area contributed by atoms with Crippen LogP contribution >= 0.6 is 0 Å². The van der Waals surface area contributed by atoms with Crippen molar-refractivity contribution in [2.45, 2.75) is 18.8 Å². The molecule has 0 spiro atoms. The van der Waals surface area contributed by atoms with Crippen LogP contribution in [0.25, 0.3) is 11.1 Å². The van der Waals surface area contributed by atoms with Crippen molar-refractivity contribution in [3.63, 3.8) is 0 Å². The molecule has 0 N–H and O–H groups in total. The lowest BCUT2D eigenvalue weighted by Gasteiger charge is -2.23. The van der Waals surface area contributed by atoms with E-state index in [9.17, 15) is 4.79 Å². The normalized spacial score (nSPS) is 19.1. The van der Waals surface area contributed by atoms with Gasteiger partial charge in [0, 0.05) is 12.7 Å². The molecule has 1 atom stereocenters. The van der Waals surface area contributed by atoms with Crippen LogP contribution in [0.3, 0.4) is 0 Å². The van der Waals surface area contributed by atoms with Gasteiger partial charge in [-0.15, -0.1) is 0 Å². The van der Waals surface area contributed by atoms with Crippen molar-refractivity contribution in [1.29, 1.82) is 0 Å². The molecule has 0 fully saturated rings. The smallest absolute Gasteiger partial charge is 0.237 e. The van der Waals surface area contributed by atoms with Crippen LogP contribution < -0.4 is 4.90 Å². The zero-order chi connectivity index (χ0) is 17.4. The summed E-state index contributed by atoms with van der Waals surface area (Å²) in [6.45, 7) is 2.06. The first-order chi connectivity index (χ1) is 12.1. The second kappa shape index (κ2) is 5.89. The quantitative estimate of drug-likeness (QED) is 0.675. The Labute approximate surface area is 148 Å². The molecule has 1 unspecified atom stereocenters. The molecule has 0 saturated heterocycles. The van der Waals surface area contributed by atoms with E-state index >= 15 is 0 Å². The van der Waals surface area contributed by atoms with Crippen LogP contribution in [0.4, 0.5) is 5.69 Å². The first kappa shape index (κ1) is 15.6. The molecule has 1 amide bonds. The van der Waals surface area contributed by atoms with Gasteiger partial charge in [0.2, 0.25) is 5.91 Å². The average Bonchev–Trinajstić information content (AvgIpc) is 2.84. The van der Waals surface area contributed by atoms with Gasteiger partial charge in [0.25, 0.3) is 0 Å². The van der Waals surface area contributed by atoms with Crippen molar-refractivity contribution in [2.24, 2.45) is 0 Å². The van der Waals surface area contributed by atoms with Crippen LogP contribution in [-0.2, 0) is 16.6 Å². The Balaban J connectivity index is 1.78. The molecule has 1 aliphatic heterocycles. The summed E-state index contributed by atoms with van der Waals surface area (Å²) in [6, 6.07) is 26.9. The minimum atomic E-state index is -0.513. The van der Waals surface area contributed by atoms with E-state index in [2.05, 4.69) is 49.4 Å². The standard InChI is InChI=1S/C23H21NO/c1-23(16-17-9-5-3-6-10-17)20-14-13-19(18-11-7-4-8-12-18)15-21(20)24(2)22(23)25/h3-15H,16H2,1-2H3. The van der Waals surface area contributed by atoms with Crippen LogP contribution in [0.1, 0.15) is 18.1 Å². The maximum atomic E-state index is 13.1. The zero-order valence-corrected chi connectivity index (χ0v) is 14.6. The lowest BCUT2D eigenvalue weighted by Crippen LogP contribution is -2.37. The Morgan fingerprint density at radius 3 is 2.16 bits per heavy atom. The molecule has 4 rings (SSSR count). The molecule has 0 aromatic heterocycles. The van der Waals surface area contributed by atoms with E-state index in [-0.39, 0.29) is 5.91 Å². The lowest BCUT2D eigenvalue weighted by molar-refractivity contribution is -0.122. The minimum Gasteiger partial charge on any atom is -0.314 e. The number of hydrogen-bond donors (Lipinski definition) is 0. The van der Waals surface area contributed by atoms with Crippen LogP contribution in [0.5, 0.6) is 0 Å². The van der Waals surface area contributed by atoms with Gasteiger partial charge >= 0.3 is 0 Å². The Kier molecular flexibility index (Phi) is 3.69. The molecule has 3 aromatic carbocycles. The summed E-state index contributed by atoms with van der Waals surface area (Å²) in [5.74, 6) is 0.163. The summed E-state index contributed by atoms with van der Waals surface area (Å²) in [5, 5.41) is 0. The number of hydrogen-bond acceptors (Lipinski definition) is 1. The maximum Gasteiger partial charge on any atom is 0.237 e. The fourth-order valence-electron chi connectivity index (χ4n) is 3.86. The zero-order valence-electron chi connectivity index (χ0n) is 14.6. The number of rotatable bonds is 3. The van der Waals surface area contributed by atoms with Gasteiger partial charge in [-0.2, -0.15) is 0 Å². The fraction of sp³-hybridized carbons (Fsp3) is 0.174. The second-order valence-corrected chi connectivity index (χ2v) is 6.96. The Morgan fingerprint density at radius 2 is 1.48 bits per heavy atom. The second-order valence-electron chi connectivity index (χ2n) is 6.96. The average molecular weight is 327 g/mol.